The number of allylic oxidation sites excluding steroid dienone is 7. The molecule has 0 radical (unpaired) electrons. The minimum absolute atomic E-state index is 0.0783. The van der Waals surface area contributed by atoms with Gasteiger partial charge < -0.3 is 10.2 Å². The Morgan fingerprint density at radius 1 is 1.10 bits per heavy atom. The molecule has 8 rings (SSSR count). The maximum atomic E-state index is 11.2. The van der Waals surface area contributed by atoms with Crippen LogP contribution in [0.2, 0.25) is 0 Å². The minimum atomic E-state index is -0.0783. The monoisotopic (exact) mass is 539 g/mol. The number of aliphatic hydroxyl groups excluding tert-OH is 2. The van der Waals surface area contributed by atoms with Crippen LogP contribution in [0.25, 0.3) is 0 Å². The molecule has 3 nitrogen and oxygen atoms in total. The lowest BCUT2D eigenvalue weighted by Gasteiger charge is -2.71. The summed E-state index contributed by atoms with van der Waals surface area (Å²) in [6, 6.07) is 0. The summed E-state index contributed by atoms with van der Waals surface area (Å²) in [5.74, 6) is 2.50. The highest BCUT2D eigenvalue weighted by Crippen LogP contribution is 2.91. The fraction of sp³-hybridized carbons (Fsp3) is 0.703. The van der Waals surface area contributed by atoms with Crippen LogP contribution in [0.3, 0.4) is 0 Å². The van der Waals surface area contributed by atoms with Crippen LogP contribution in [0.5, 0.6) is 0 Å². The Labute approximate surface area is 241 Å². The van der Waals surface area contributed by atoms with E-state index in [9.17, 15) is 10.2 Å². The Kier molecular flexibility index (Phi) is 5.20. The summed E-state index contributed by atoms with van der Waals surface area (Å²) in [4.78, 5) is 4.39. The minimum Gasteiger partial charge on any atom is -0.396 e. The van der Waals surface area contributed by atoms with Gasteiger partial charge >= 0.3 is 0 Å². The first kappa shape index (κ1) is 26.0. The summed E-state index contributed by atoms with van der Waals surface area (Å²) in [5.41, 5.74) is 5.09. The molecule has 4 fully saturated rings. The van der Waals surface area contributed by atoms with Gasteiger partial charge in [-0.1, -0.05) is 81.4 Å². The molecule has 0 amide bonds. The van der Waals surface area contributed by atoms with Gasteiger partial charge in [-0.25, -0.2) is 0 Å². The van der Waals surface area contributed by atoms with E-state index in [1.807, 2.05) is 6.21 Å². The topological polar surface area (TPSA) is 52.8 Å². The van der Waals surface area contributed by atoms with Crippen molar-refractivity contribution in [3.63, 3.8) is 0 Å². The molecule has 40 heavy (non-hydrogen) atoms. The highest BCUT2D eigenvalue weighted by molar-refractivity contribution is 5.80. The van der Waals surface area contributed by atoms with Crippen molar-refractivity contribution in [2.45, 2.75) is 78.6 Å². The average Bonchev–Trinajstić information content (AvgIpc) is 3.46. The van der Waals surface area contributed by atoms with Crippen LogP contribution in [0, 0.1) is 62.1 Å². The quantitative estimate of drug-likeness (QED) is 0.350. The molecule has 1 aliphatic heterocycles. The second-order valence-electron chi connectivity index (χ2n) is 16.3. The van der Waals surface area contributed by atoms with Crippen LogP contribution >= 0.6 is 0 Å². The van der Waals surface area contributed by atoms with E-state index in [0.717, 1.165) is 25.8 Å². The van der Waals surface area contributed by atoms with E-state index in [2.05, 4.69) is 62.2 Å². The highest BCUT2D eigenvalue weighted by atomic mass is 16.3. The van der Waals surface area contributed by atoms with Crippen LogP contribution in [-0.2, 0) is 0 Å². The average molecular weight is 540 g/mol. The van der Waals surface area contributed by atoms with Gasteiger partial charge in [-0.15, -0.1) is 0 Å². The fourth-order valence-electron chi connectivity index (χ4n) is 13.6. The molecule has 7 aliphatic carbocycles. The normalized spacial score (nSPS) is 50.9. The Morgan fingerprint density at radius 3 is 2.67 bits per heavy atom. The first-order chi connectivity index (χ1) is 19.1. The first-order valence-corrected chi connectivity index (χ1v) is 16.3. The van der Waals surface area contributed by atoms with Crippen LogP contribution < -0.4 is 0 Å². The third-order valence-corrected chi connectivity index (χ3v) is 14.7. The zero-order valence-electron chi connectivity index (χ0n) is 25.0. The SMILES string of the molecule is C=C1C=C2C3(CCC(CC(CO)CC4=CCN=C4)C3)CC34CCCC3(CO)C=CC3C=CC5(C1C5(C)C)C2(C)C34. The molecule has 10 atom stereocenters. The van der Waals surface area contributed by atoms with Gasteiger partial charge in [0.15, 0.2) is 0 Å². The predicted molar refractivity (Wildman–Crippen MR) is 162 cm³/mol. The van der Waals surface area contributed by atoms with E-state index < -0.39 is 0 Å². The second kappa shape index (κ2) is 8.01. The molecule has 8 aliphatic rings. The number of hydrogen-bond acceptors (Lipinski definition) is 3. The van der Waals surface area contributed by atoms with Crippen LogP contribution in [-0.4, -0.2) is 36.2 Å². The summed E-state index contributed by atoms with van der Waals surface area (Å²) in [6.45, 7) is 13.8. The van der Waals surface area contributed by atoms with Gasteiger partial charge in [0.05, 0.1) is 13.2 Å². The smallest absolute Gasteiger partial charge is 0.0576 e. The molecular formula is C37H49NO2. The van der Waals surface area contributed by atoms with E-state index in [-0.39, 0.29) is 39.1 Å². The van der Waals surface area contributed by atoms with Crippen molar-refractivity contribution in [3.05, 3.63) is 59.8 Å². The molecule has 1 heterocycles. The number of rotatable bonds is 6. The Morgan fingerprint density at radius 2 is 1.93 bits per heavy atom. The van der Waals surface area contributed by atoms with Crippen LogP contribution in [0.15, 0.2) is 64.7 Å². The zero-order valence-corrected chi connectivity index (χ0v) is 25.0. The molecule has 4 saturated carbocycles. The van der Waals surface area contributed by atoms with E-state index in [1.165, 1.54) is 49.7 Å². The van der Waals surface area contributed by atoms with Gasteiger partial charge in [-0.05, 0) is 103 Å². The molecule has 0 aromatic carbocycles. The Hall–Kier alpha value is -1.71. The third kappa shape index (κ3) is 2.75. The largest absolute Gasteiger partial charge is 0.396 e. The maximum Gasteiger partial charge on any atom is 0.0576 e. The molecule has 3 spiro atoms. The van der Waals surface area contributed by atoms with E-state index >= 15 is 0 Å². The molecule has 3 heteroatoms. The van der Waals surface area contributed by atoms with Crippen LogP contribution in [0.4, 0.5) is 0 Å². The molecule has 0 aromatic heterocycles. The third-order valence-electron chi connectivity index (χ3n) is 14.7. The van der Waals surface area contributed by atoms with Crippen molar-refractivity contribution >= 4 is 6.21 Å². The van der Waals surface area contributed by atoms with Crippen molar-refractivity contribution in [2.24, 2.45) is 67.1 Å². The lowest BCUT2D eigenvalue weighted by molar-refractivity contribution is -0.152. The first-order valence-electron chi connectivity index (χ1n) is 16.3. The molecular weight excluding hydrogens is 490 g/mol. The molecule has 0 aromatic rings. The number of nitrogens with zero attached hydrogens (tertiary/aromatic N) is 1. The summed E-state index contributed by atoms with van der Waals surface area (Å²) < 4.78 is 0. The van der Waals surface area contributed by atoms with Gasteiger partial charge in [0.1, 0.15) is 0 Å². The van der Waals surface area contributed by atoms with E-state index in [0.29, 0.717) is 36.2 Å². The van der Waals surface area contributed by atoms with Crippen LogP contribution in [0.1, 0.15) is 78.6 Å². The number of aliphatic imine (C=N–C) groups is 1. The Bertz CT molecular complexity index is 1310. The highest BCUT2D eigenvalue weighted by Gasteiger charge is 2.86. The predicted octanol–water partition coefficient (Wildman–Crippen LogP) is 7.24. The molecule has 0 bridgehead atoms. The molecule has 2 N–H and O–H groups in total. The fourth-order valence-corrected chi connectivity index (χ4v) is 13.6. The zero-order chi connectivity index (χ0) is 27.8. The van der Waals surface area contributed by atoms with E-state index in [1.54, 1.807) is 5.57 Å². The molecule has 214 valence electrons. The van der Waals surface area contributed by atoms with Gasteiger partial charge in [0, 0.05) is 29.1 Å². The summed E-state index contributed by atoms with van der Waals surface area (Å²) in [5, 5.41) is 21.6. The summed E-state index contributed by atoms with van der Waals surface area (Å²) >= 11 is 0. The van der Waals surface area contributed by atoms with Gasteiger partial charge in [-0.2, -0.15) is 0 Å². The lowest BCUT2D eigenvalue weighted by atomic mass is 9.32. The van der Waals surface area contributed by atoms with Crippen molar-refractivity contribution in [1.82, 2.24) is 0 Å². The van der Waals surface area contributed by atoms with Gasteiger partial charge in [0.2, 0.25) is 0 Å². The number of hydrogen-bond donors (Lipinski definition) is 2. The van der Waals surface area contributed by atoms with Gasteiger partial charge in [0.25, 0.3) is 0 Å². The standard InChI is InChI=1S/C37H49NO2/c1-24-16-29-33(4)31-28(8-14-37(33)30(24)32(37,2)3)7-13-35(23-40)10-5-11-36(31,35)22-34(29)12-6-25(19-34)17-27(21-39)18-26-9-15-38-20-26/h7-9,13-14,16,20,25,27-28,30-31,39-40H,1,5-6,10-12,15,17-19,21-23H2,2-4H3. The van der Waals surface area contributed by atoms with E-state index in [4.69, 9.17) is 6.58 Å². The van der Waals surface area contributed by atoms with Gasteiger partial charge in [-0.3, -0.25) is 4.99 Å². The number of aliphatic hydroxyl groups is 2. The van der Waals surface area contributed by atoms with Crippen molar-refractivity contribution in [1.29, 1.82) is 0 Å². The maximum absolute atomic E-state index is 11.2. The molecule has 0 saturated heterocycles. The molecule has 10 unspecified atom stereocenters. The summed E-state index contributed by atoms with van der Waals surface area (Å²) in [6.07, 6.45) is 27.8. The Balaban J connectivity index is 1.24. The van der Waals surface area contributed by atoms with Crippen molar-refractivity contribution in [3.8, 4) is 0 Å². The van der Waals surface area contributed by atoms with Crippen molar-refractivity contribution < 1.29 is 10.2 Å². The summed E-state index contributed by atoms with van der Waals surface area (Å²) in [7, 11) is 0. The number of fused-ring (bicyclic) bond motifs is 1. The lowest BCUT2D eigenvalue weighted by Crippen LogP contribution is -2.65. The van der Waals surface area contributed by atoms with Crippen molar-refractivity contribution in [2.75, 3.05) is 19.8 Å². The second-order valence-corrected chi connectivity index (χ2v) is 16.3.